The molecule has 0 aromatic heterocycles. The van der Waals surface area contributed by atoms with Crippen molar-refractivity contribution in [1.82, 2.24) is 0 Å². The Bertz CT molecular complexity index is 1010. The molecule has 0 unspecified atom stereocenters. The minimum Gasteiger partial charge on any atom is -0.353 e. The molecule has 0 saturated carbocycles. The first-order chi connectivity index (χ1) is 19.2. The number of allylic oxidation sites excluding steroid dienone is 2. The van der Waals surface area contributed by atoms with Gasteiger partial charge in [-0.1, -0.05) is 81.0 Å². The number of halogens is 1. The summed E-state index contributed by atoms with van der Waals surface area (Å²) in [6.07, 6.45) is 16.2. The van der Waals surface area contributed by atoms with Gasteiger partial charge in [0.25, 0.3) is 0 Å². The van der Waals surface area contributed by atoms with Gasteiger partial charge in [-0.2, -0.15) is 0 Å². The number of rotatable bonds is 19. The molecule has 0 heterocycles. The Morgan fingerprint density at radius 2 is 1.15 bits per heavy atom. The van der Waals surface area contributed by atoms with Crippen molar-refractivity contribution in [3.05, 3.63) is 103 Å². The second-order valence-corrected chi connectivity index (χ2v) is 17.2. The van der Waals surface area contributed by atoms with Gasteiger partial charge in [0.15, 0.2) is 33.2 Å². The highest BCUT2D eigenvalue weighted by molar-refractivity contribution is 14.2. The van der Waals surface area contributed by atoms with Crippen LogP contribution in [0, 0.1) is 0 Å². The Labute approximate surface area is 251 Å². The maximum atomic E-state index is 5.83. The summed E-state index contributed by atoms with van der Waals surface area (Å²) in [5.74, 6) is 0. The molecule has 0 amide bonds. The molecule has 0 atom stereocenters. The van der Waals surface area contributed by atoms with Crippen LogP contribution in [0.3, 0.4) is 0 Å². The van der Waals surface area contributed by atoms with E-state index < -0.39 is 4.90 Å². The lowest BCUT2D eigenvalue weighted by molar-refractivity contribution is -0.146. The first kappa shape index (κ1) is 32.0. The van der Waals surface area contributed by atoms with Gasteiger partial charge in [-0.25, -0.2) is 0 Å². The summed E-state index contributed by atoms with van der Waals surface area (Å²) in [5.41, 5.74) is 1.43. The van der Waals surface area contributed by atoms with E-state index in [-0.39, 0.29) is 6.29 Å². The van der Waals surface area contributed by atoms with Gasteiger partial charge in [-0.3, -0.25) is 0 Å². The molecule has 0 aliphatic rings. The number of hydrogen-bond acceptors (Lipinski definition) is 2. The van der Waals surface area contributed by atoms with E-state index in [2.05, 4.69) is 133 Å². The van der Waals surface area contributed by atoms with Crippen molar-refractivity contribution in [2.45, 2.75) is 84.3 Å². The standard InChI is InChI=1S/C35H47IO2P/c1-3-29-37-35(38-30-4-2)24-18-10-8-6-5-7-9-13-19-31-25-27-34(28-26-31)39(36,32-20-14-11-15-21-32)33-22-16-12-17-23-33/h5,7,11-12,14-17,20-23,25-28,35H,3-4,6,8-10,13,18-19,24,29-30H2,1-2H3/q+1/b7-5+. The van der Waals surface area contributed by atoms with Gasteiger partial charge < -0.3 is 9.47 Å². The molecule has 2 nitrogen and oxygen atoms in total. The van der Waals surface area contributed by atoms with Crippen molar-refractivity contribution in [3.63, 3.8) is 0 Å². The lowest BCUT2D eigenvalue weighted by atomic mass is 10.1. The van der Waals surface area contributed by atoms with Crippen LogP contribution in [0.4, 0.5) is 0 Å². The number of ether oxygens (including phenoxy) is 2. The lowest BCUT2D eigenvalue weighted by Crippen LogP contribution is -2.26. The molecule has 0 spiro atoms. The Morgan fingerprint density at radius 3 is 1.69 bits per heavy atom. The van der Waals surface area contributed by atoms with Gasteiger partial charge in [0.1, 0.15) is 15.9 Å². The van der Waals surface area contributed by atoms with Crippen molar-refractivity contribution < 1.29 is 9.47 Å². The SMILES string of the molecule is CCCOC(CCCCC/C=C/CCCc1ccc([P+](I)(c2ccccc2)c2ccccc2)cc1)OCCC. The highest BCUT2D eigenvalue weighted by Gasteiger charge is 2.43. The summed E-state index contributed by atoms with van der Waals surface area (Å²) in [6.45, 7) is 5.88. The van der Waals surface area contributed by atoms with Gasteiger partial charge in [-0.05, 0) is 99.7 Å². The fourth-order valence-electron chi connectivity index (χ4n) is 4.71. The Balaban J connectivity index is 1.40. The molecule has 0 aliphatic carbocycles. The molecule has 0 bridgehead atoms. The minimum atomic E-state index is -1.67. The highest BCUT2D eigenvalue weighted by atomic mass is 127. The summed E-state index contributed by atoms with van der Waals surface area (Å²) in [4.78, 5) is -1.67. The van der Waals surface area contributed by atoms with Gasteiger partial charge in [-0.15, -0.1) is 0 Å². The molecule has 39 heavy (non-hydrogen) atoms. The maximum Gasteiger partial charge on any atom is 0.173 e. The van der Waals surface area contributed by atoms with E-state index in [9.17, 15) is 0 Å². The Morgan fingerprint density at radius 1 is 0.641 bits per heavy atom. The normalized spacial score (nSPS) is 12.0. The first-order valence-electron chi connectivity index (χ1n) is 14.9. The van der Waals surface area contributed by atoms with Gasteiger partial charge in [0, 0.05) is 13.2 Å². The molecule has 3 aromatic rings. The van der Waals surface area contributed by atoms with E-state index in [0.29, 0.717) is 0 Å². The quantitative estimate of drug-likeness (QED) is 0.0421. The maximum absolute atomic E-state index is 5.83. The third-order valence-corrected chi connectivity index (χ3v) is 14.9. The largest absolute Gasteiger partial charge is 0.353 e. The van der Waals surface area contributed by atoms with Crippen LogP contribution in [0.1, 0.15) is 77.2 Å². The molecular formula is C35H47IO2P+. The molecule has 0 radical (unpaired) electrons. The molecule has 0 saturated heterocycles. The third-order valence-electron chi connectivity index (χ3n) is 6.85. The van der Waals surface area contributed by atoms with E-state index in [1.54, 1.807) is 0 Å². The third kappa shape index (κ3) is 10.8. The molecule has 4 heteroatoms. The van der Waals surface area contributed by atoms with E-state index >= 15 is 0 Å². The van der Waals surface area contributed by atoms with Crippen molar-refractivity contribution >= 4 is 42.9 Å². The molecule has 0 N–H and O–H groups in total. The summed E-state index contributed by atoms with van der Waals surface area (Å²) in [7, 11) is 0. The average Bonchev–Trinajstić information content (AvgIpc) is 2.99. The van der Waals surface area contributed by atoms with Gasteiger partial charge >= 0.3 is 0 Å². The van der Waals surface area contributed by atoms with Crippen LogP contribution >= 0.6 is 26.9 Å². The fourth-order valence-corrected chi connectivity index (χ4v) is 10.2. The lowest BCUT2D eigenvalue weighted by Gasteiger charge is -2.20. The van der Waals surface area contributed by atoms with Crippen LogP contribution in [0.25, 0.3) is 0 Å². The minimum absolute atomic E-state index is 0.0126. The zero-order chi connectivity index (χ0) is 27.6. The zero-order valence-corrected chi connectivity index (χ0v) is 27.0. The smallest absolute Gasteiger partial charge is 0.173 e. The Hall–Kier alpha value is -1.52. The van der Waals surface area contributed by atoms with Gasteiger partial charge in [0.05, 0.1) is 0 Å². The molecule has 210 valence electrons. The summed E-state index contributed by atoms with van der Waals surface area (Å²) >= 11 is 2.74. The highest BCUT2D eigenvalue weighted by Crippen LogP contribution is 2.63. The van der Waals surface area contributed by atoms with Crippen LogP contribution in [-0.2, 0) is 15.9 Å². The van der Waals surface area contributed by atoms with Crippen molar-refractivity contribution in [2.24, 2.45) is 0 Å². The molecule has 3 aromatic carbocycles. The van der Waals surface area contributed by atoms with E-state index in [0.717, 1.165) is 45.3 Å². The first-order valence-corrected chi connectivity index (χ1v) is 19.4. The molecule has 0 aliphatic heterocycles. The monoisotopic (exact) mass is 657 g/mol. The Kier molecular flexibility index (Phi) is 15.4. The van der Waals surface area contributed by atoms with Crippen LogP contribution in [0.5, 0.6) is 0 Å². The number of unbranched alkanes of at least 4 members (excludes halogenated alkanes) is 4. The van der Waals surface area contributed by atoms with Crippen LogP contribution < -0.4 is 15.9 Å². The van der Waals surface area contributed by atoms with Crippen LogP contribution in [0.15, 0.2) is 97.1 Å². The number of hydrogen-bond donors (Lipinski definition) is 0. The summed E-state index contributed by atoms with van der Waals surface area (Å²) < 4.78 is 11.7. The topological polar surface area (TPSA) is 18.5 Å². The molecule has 3 rings (SSSR count). The van der Waals surface area contributed by atoms with Crippen LogP contribution in [-0.4, -0.2) is 19.5 Å². The second kappa shape index (κ2) is 18.8. The molecule has 0 fully saturated rings. The van der Waals surface area contributed by atoms with E-state index in [1.165, 1.54) is 53.6 Å². The average molecular weight is 658 g/mol. The predicted molar refractivity (Wildman–Crippen MR) is 181 cm³/mol. The van der Waals surface area contributed by atoms with Crippen molar-refractivity contribution in [2.75, 3.05) is 13.2 Å². The van der Waals surface area contributed by atoms with Crippen molar-refractivity contribution in [3.8, 4) is 0 Å². The summed E-state index contributed by atoms with van der Waals surface area (Å²) in [6, 6.07) is 31.4. The number of benzene rings is 3. The van der Waals surface area contributed by atoms with E-state index in [4.69, 9.17) is 9.47 Å². The van der Waals surface area contributed by atoms with E-state index in [1.807, 2.05) is 0 Å². The van der Waals surface area contributed by atoms with Crippen molar-refractivity contribution in [1.29, 1.82) is 0 Å². The fraction of sp³-hybridized carbons (Fsp3) is 0.429. The summed E-state index contributed by atoms with van der Waals surface area (Å²) in [5, 5.41) is 4.28. The molecular weight excluding hydrogens is 610 g/mol. The van der Waals surface area contributed by atoms with Gasteiger partial charge in [0.2, 0.25) is 0 Å². The second-order valence-electron chi connectivity index (χ2n) is 10.1. The van der Waals surface area contributed by atoms with Crippen LogP contribution in [0.2, 0.25) is 0 Å². The predicted octanol–water partition coefficient (Wildman–Crippen LogP) is 9.34. The zero-order valence-electron chi connectivity index (χ0n) is 23.9. The number of aryl methyl sites for hydroxylation is 1.